The second kappa shape index (κ2) is 8.83. The number of halogens is 3. The molecular formula is C22H23F3N2O2. The maximum absolute atomic E-state index is 12.9. The Kier molecular flexibility index (Phi) is 6.43. The van der Waals surface area contributed by atoms with Crippen LogP contribution in [-0.2, 0) is 11.3 Å². The Morgan fingerprint density at radius 2 is 2.07 bits per heavy atom. The lowest BCUT2D eigenvalue weighted by Crippen LogP contribution is -2.46. The number of carboxylic acids is 1. The van der Waals surface area contributed by atoms with E-state index >= 15 is 0 Å². The van der Waals surface area contributed by atoms with E-state index in [0.29, 0.717) is 25.1 Å². The zero-order valence-electron chi connectivity index (χ0n) is 15.9. The van der Waals surface area contributed by atoms with Gasteiger partial charge < -0.3 is 5.11 Å². The molecule has 1 aromatic rings. The van der Waals surface area contributed by atoms with Crippen molar-refractivity contribution in [1.29, 1.82) is 5.26 Å². The van der Waals surface area contributed by atoms with Gasteiger partial charge in [-0.3, -0.25) is 9.69 Å². The maximum atomic E-state index is 12.9. The van der Waals surface area contributed by atoms with Gasteiger partial charge in [-0.2, -0.15) is 18.4 Å². The van der Waals surface area contributed by atoms with Crippen molar-refractivity contribution in [1.82, 2.24) is 4.90 Å². The third-order valence-electron chi connectivity index (χ3n) is 5.80. The summed E-state index contributed by atoms with van der Waals surface area (Å²) >= 11 is 0. The van der Waals surface area contributed by atoms with E-state index in [1.54, 1.807) is 18.2 Å². The number of nitrogens with zero attached hydrogens (tertiary/aromatic N) is 2. The third-order valence-corrected chi connectivity index (χ3v) is 5.80. The van der Waals surface area contributed by atoms with Crippen LogP contribution in [0.1, 0.15) is 36.8 Å². The minimum Gasteiger partial charge on any atom is -0.481 e. The van der Waals surface area contributed by atoms with Gasteiger partial charge in [0, 0.05) is 19.0 Å². The molecule has 3 atom stereocenters. The first-order chi connectivity index (χ1) is 13.8. The summed E-state index contributed by atoms with van der Waals surface area (Å²) in [5, 5.41) is 18.5. The molecule has 1 unspecified atom stereocenters. The van der Waals surface area contributed by atoms with E-state index in [2.05, 4.69) is 11.0 Å². The highest BCUT2D eigenvalue weighted by molar-refractivity contribution is 5.67. The average molecular weight is 404 g/mol. The quantitative estimate of drug-likeness (QED) is 0.774. The highest BCUT2D eigenvalue weighted by Gasteiger charge is 2.37. The van der Waals surface area contributed by atoms with Crippen molar-refractivity contribution in [3.63, 3.8) is 0 Å². The molecule has 7 heteroatoms. The van der Waals surface area contributed by atoms with Gasteiger partial charge in [0.1, 0.15) is 0 Å². The van der Waals surface area contributed by atoms with E-state index in [-0.39, 0.29) is 30.7 Å². The Labute approximate surface area is 167 Å². The van der Waals surface area contributed by atoms with Gasteiger partial charge in [-0.15, -0.1) is 0 Å². The highest BCUT2D eigenvalue weighted by atomic mass is 19.4. The van der Waals surface area contributed by atoms with Crippen LogP contribution in [-0.4, -0.2) is 34.7 Å². The molecule has 2 aliphatic rings. The lowest BCUT2D eigenvalue weighted by molar-refractivity contribution is -0.138. The molecule has 29 heavy (non-hydrogen) atoms. The van der Waals surface area contributed by atoms with E-state index in [4.69, 9.17) is 5.11 Å². The van der Waals surface area contributed by atoms with Crippen molar-refractivity contribution in [3.8, 4) is 6.07 Å². The van der Waals surface area contributed by atoms with Gasteiger partial charge in [0.2, 0.25) is 0 Å². The molecule has 1 aliphatic carbocycles. The van der Waals surface area contributed by atoms with E-state index in [1.165, 1.54) is 6.08 Å². The van der Waals surface area contributed by atoms with Crippen LogP contribution in [0.2, 0.25) is 0 Å². The number of aliphatic carboxylic acids is 1. The number of rotatable bonds is 5. The Bertz CT molecular complexity index is 854. The molecule has 0 amide bonds. The number of carbonyl (C=O) groups is 1. The van der Waals surface area contributed by atoms with Crippen LogP contribution >= 0.6 is 0 Å². The predicted molar refractivity (Wildman–Crippen MR) is 102 cm³/mol. The van der Waals surface area contributed by atoms with Crippen molar-refractivity contribution < 1.29 is 23.1 Å². The molecule has 154 valence electrons. The van der Waals surface area contributed by atoms with Crippen LogP contribution in [0.15, 0.2) is 48.1 Å². The summed E-state index contributed by atoms with van der Waals surface area (Å²) in [6.45, 7) is 1.18. The molecule has 0 bridgehead atoms. The summed E-state index contributed by atoms with van der Waals surface area (Å²) in [4.78, 5) is 13.4. The predicted octanol–water partition coefficient (Wildman–Crippen LogP) is 4.68. The molecule has 0 spiro atoms. The Morgan fingerprint density at radius 3 is 2.69 bits per heavy atom. The van der Waals surface area contributed by atoms with Crippen LogP contribution in [0.4, 0.5) is 13.2 Å². The lowest BCUT2D eigenvalue weighted by atomic mass is 9.79. The van der Waals surface area contributed by atoms with Crippen molar-refractivity contribution in [2.45, 2.75) is 44.4 Å². The fourth-order valence-electron chi connectivity index (χ4n) is 4.32. The van der Waals surface area contributed by atoms with Crippen LogP contribution in [0, 0.1) is 23.2 Å². The van der Waals surface area contributed by atoms with Crippen LogP contribution in [0.3, 0.4) is 0 Å². The Balaban J connectivity index is 1.80. The molecule has 1 N–H and O–H groups in total. The standard InChI is InChI=1S/C22H23F3N2O2/c23-22(24,25)19-7-5-16(6-8-19)20-11-15(12-21(28)29)9-10-27(20)14-18-4-2-1-3-17(18)13-26/h1-5,7-8,15-16,20H,6,9-12,14H2,(H,28,29)/t15-,16?,20+/m0/s1. The highest BCUT2D eigenvalue weighted by Crippen LogP contribution is 2.37. The Morgan fingerprint density at radius 1 is 1.31 bits per heavy atom. The maximum Gasteiger partial charge on any atom is 0.416 e. The molecule has 1 aliphatic heterocycles. The summed E-state index contributed by atoms with van der Waals surface area (Å²) in [6, 6.07) is 9.41. The average Bonchev–Trinajstić information content (AvgIpc) is 2.68. The number of hydrogen-bond donors (Lipinski definition) is 1. The van der Waals surface area contributed by atoms with Crippen molar-refractivity contribution >= 4 is 5.97 Å². The van der Waals surface area contributed by atoms with Crippen molar-refractivity contribution in [2.24, 2.45) is 11.8 Å². The van der Waals surface area contributed by atoms with E-state index in [9.17, 15) is 23.2 Å². The van der Waals surface area contributed by atoms with Gasteiger partial charge in [0.15, 0.2) is 0 Å². The molecule has 3 rings (SSSR count). The SMILES string of the molecule is N#Cc1ccccc1CN1CC[C@H](CC(=O)O)C[C@@H]1C1C=CC(C(F)(F)F)=CC1. The topological polar surface area (TPSA) is 64.3 Å². The van der Waals surface area contributed by atoms with Crippen molar-refractivity contribution in [3.05, 3.63) is 59.2 Å². The largest absolute Gasteiger partial charge is 0.481 e. The summed E-state index contributed by atoms with van der Waals surface area (Å²) < 4.78 is 38.8. The lowest BCUT2D eigenvalue weighted by Gasteiger charge is -2.43. The van der Waals surface area contributed by atoms with Crippen LogP contribution < -0.4 is 0 Å². The number of piperidine rings is 1. The van der Waals surface area contributed by atoms with Gasteiger partial charge >= 0.3 is 12.1 Å². The van der Waals surface area contributed by atoms with E-state index < -0.39 is 17.7 Å². The monoisotopic (exact) mass is 404 g/mol. The molecule has 1 aromatic carbocycles. The molecule has 4 nitrogen and oxygen atoms in total. The summed E-state index contributed by atoms with van der Waals surface area (Å²) in [6.07, 6.45) is 1.29. The summed E-state index contributed by atoms with van der Waals surface area (Å²) in [7, 11) is 0. The molecule has 1 heterocycles. The number of allylic oxidation sites excluding steroid dienone is 3. The summed E-state index contributed by atoms with van der Waals surface area (Å²) in [5.41, 5.74) is 0.827. The van der Waals surface area contributed by atoms with E-state index in [0.717, 1.165) is 18.1 Å². The first kappa shape index (κ1) is 21.1. The number of alkyl halides is 3. The molecule has 0 aromatic heterocycles. The van der Waals surface area contributed by atoms with Gasteiger partial charge in [0.25, 0.3) is 0 Å². The normalized spacial score (nSPS) is 25.3. The van der Waals surface area contributed by atoms with E-state index in [1.807, 2.05) is 12.1 Å². The zero-order chi connectivity index (χ0) is 21.0. The number of nitriles is 1. The molecule has 0 saturated carbocycles. The molecular weight excluding hydrogens is 381 g/mol. The van der Waals surface area contributed by atoms with Gasteiger partial charge in [0.05, 0.1) is 17.2 Å². The first-order valence-corrected chi connectivity index (χ1v) is 9.67. The third kappa shape index (κ3) is 5.27. The van der Waals surface area contributed by atoms with Gasteiger partial charge in [-0.1, -0.05) is 36.4 Å². The number of carboxylic acid groups (broad SMARTS) is 1. The van der Waals surface area contributed by atoms with Crippen LogP contribution in [0.25, 0.3) is 0 Å². The van der Waals surface area contributed by atoms with Gasteiger partial charge in [-0.05, 0) is 49.3 Å². The molecule has 1 saturated heterocycles. The summed E-state index contributed by atoms with van der Waals surface area (Å²) in [5.74, 6) is -0.969. The zero-order valence-corrected chi connectivity index (χ0v) is 15.9. The van der Waals surface area contributed by atoms with Crippen molar-refractivity contribution in [2.75, 3.05) is 6.54 Å². The fraction of sp³-hybridized carbons (Fsp3) is 0.455. The number of hydrogen-bond acceptors (Lipinski definition) is 3. The second-order valence-corrected chi connectivity index (χ2v) is 7.71. The number of benzene rings is 1. The van der Waals surface area contributed by atoms with Crippen LogP contribution in [0.5, 0.6) is 0 Å². The molecule has 1 fully saturated rings. The minimum atomic E-state index is -4.36. The molecule has 0 radical (unpaired) electrons. The first-order valence-electron chi connectivity index (χ1n) is 9.67. The van der Waals surface area contributed by atoms with Gasteiger partial charge in [-0.25, -0.2) is 0 Å². The number of likely N-dealkylation sites (tertiary alicyclic amines) is 1. The fourth-order valence-corrected chi connectivity index (χ4v) is 4.32. The Hall–Kier alpha value is -2.59. The smallest absolute Gasteiger partial charge is 0.416 e. The minimum absolute atomic E-state index is 0.00125. The second-order valence-electron chi connectivity index (χ2n) is 7.71.